The first-order chi connectivity index (χ1) is 40.8. The van der Waals surface area contributed by atoms with Crippen LogP contribution >= 0.6 is 15.6 Å². The highest BCUT2D eigenvalue weighted by molar-refractivity contribution is 7.47. The molecule has 0 fully saturated rings. The molecule has 0 radical (unpaired) electrons. The number of rotatable bonds is 62. The van der Waals surface area contributed by atoms with Gasteiger partial charge in [-0.15, -0.1) is 0 Å². The lowest BCUT2D eigenvalue weighted by Gasteiger charge is -2.21. The van der Waals surface area contributed by atoms with Crippen LogP contribution in [-0.4, -0.2) is 96.7 Å². The lowest BCUT2D eigenvalue weighted by molar-refractivity contribution is -0.161. The molecule has 0 rings (SSSR count). The SMILES string of the molecule is CCCCCC/C=C\C=C/CCCCCCCC(=O)OC[C@H](COP(=O)(O)OC[C@@H](O)COP(=O)(O)OC[C@@H](COC(=O)CCCCCCCCC(C)CC)OC(=O)CCCCCCCCC(C)C)OC(=O)CCCCCCCCCCC(C)C. The van der Waals surface area contributed by atoms with E-state index in [1.54, 1.807) is 0 Å². The molecule has 85 heavy (non-hydrogen) atoms. The Morgan fingerprint density at radius 1 is 0.388 bits per heavy atom. The van der Waals surface area contributed by atoms with Crippen molar-refractivity contribution in [2.24, 2.45) is 17.8 Å². The summed E-state index contributed by atoms with van der Waals surface area (Å²) in [6.45, 7) is 11.6. The Morgan fingerprint density at radius 2 is 0.694 bits per heavy atom. The highest BCUT2D eigenvalue weighted by Gasteiger charge is 2.30. The fourth-order valence-electron chi connectivity index (χ4n) is 9.26. The summed E-state index contributed by atoms with van der Waals surface area (Å²) < 4.78 is 68.0. The quantitative estimate of drug-likeness (QED) is 0.0169. The first-order valence-electron chi connectivity index (χ1n) is 33.7. The molecule has 0 aliphatic carbocycles. The van der Waals surface area contributed by atoms with E-state index in [4.69, 9.17) is 37.0 Å². The highest BCUT2D eigenvalue weighted by atomic mass is 31.2. The Labute approximate surface area is 516 Å². The lowest BCUT2D eigenvalue weighted by atomic mass is 10.00. The van der Waals surface area contributed by atoms with Crippen LogP contribution in [0.4, 0.5) is 0 Å². The molecule has 0 bridgehead atoms. The highest BCUT2D eigenvalue weighted by Crippen LogP contribution is 2.45. The van der Waals surface area contributed by atoms with Crippen LogP contribution in [0.1, 0.15) is 299 Å². The normalized spacial score (nSPS) is 14.8. The number of hydrogen-bond donors (Lipinski definition) is 3. The molecule has 0 spiro atoms. The predicted molar refractivity (Wildman–Crippen MR) is 340 cm³/mol. The Morgan fingerprint density at radius 3 is 1.05 bits per heavy atom. The second-order valence-corrected chi connectivity index (χ2v) is 27.3. The van der Waals surface area contributed by atoms with Gasteiger partial charge in [-0.1, -0.05) is 246 Å². The Balaban J connectivity index is 5.26. The van der Waals surface area contributed by atoms with Gasteiger partial charge in [0.1, 0.15) is 19.3 Å². The van der Waals surface area contributed by atoms with Crippen LogP contribution in [0.3, 0.4) is 0 Å². The minimum absolute atomic E-state index is 0.0968. The molecular formula is C66H124O17P2. The summed E-state index contributed by atoms with van der Waals surface area (Å²) >= 11 is 0. The summed E-state index contributed by atoms with van der Waals surface area (Å²) in [4.78, 5) is 72.2. The van der Waals surface area contributed by atoms with E-state index in [9.17, 15) is 43.2 Å². The van der Waals surface area contributed by atoms with E-state index in [1.165, 1.54) is 83.5 Å². The zero-order chi connectivity index (χ0) is 63.1. The van der Waals surface area contributed by atoms with E-state index < -0.39 is 97.5 Å². The summed E-state index contributed by atoms with van der Waals surface area (Å²) in [6, 6.07) is 0. The maximum atomic E-state index is 13.0. The van der Waals surface area contributed by atoms with Crippen LogP contribution in [0.5, 0.6) is 0 Å². The van der Waals surface area contributed by atoms with Crippen molar-refractivity contribution in [1.82, 2.24) is 0 Å². The van der Waals surface area contributed by atoms with E-state index in [-0.39, 0.29) is 25.7 Å². The summed E-state index contributed by atoms with van der Waals surface area (Å²) in [7, 11) is -9.90. The molecule has 19 heteroatoms. The number of carbonyl (C=O) groups excluding carboxylic acids is 4. The first-order valence-corrected chi connectivity index (χ1v) is 36.7. The number of aliphatic hydroxyl groups excluding tert-OH is 1. The molecule has 0 saturated heterocycles. The van der Waals surface area contributed by atoms with Crippen molar-refractivity contribution in [3.63, 3.8) is 0 Å². The summed E-state index contributed by atoms with van der Waals surface area (Å²) in [6.07, 6.45) is 41.4. The molecule has 0 saturated carbocycles. The number of phosphoric acid groups is 2. The van der Waals surface area contributed by atoms with Gasteiger partial charge < -0.3 is 33.8 Å². The molecule has 3 N–H and O–H groups in total. The zero-order valence-corrected chi connectivity index (χ0v) is 56.3. The molecule has 6 atom stereocenters. The molecule has 500 valence electrons. The number of esters is 4. The van der Waals surface area contributed by atoms with Crippen LogP contribution in [-0.2, 0) is 65.4 Å². The van der Waals surface area contributed by atoms with Gasteiger partial charge in [-0.3, -0.25) is 37.3 Å². The van der Waals surface area contributed by atoms with Crippen molar-refractivity contribution in [2.45, 2.75) is 317 Å². The third kappa shape index (κ3) is 59.0. The second-order valence-electron chi connectivity index (χ2n) is 24.4. The van der Waals surface area contributed by atoms with Gasteiger partial charge >= 0.3 is 39.5 Å². The summed E-state index contributed by atoms with van der Waals surface area (Å²) in [5, 5.41) is 10.5. The average molecular weight is 1250 g/mol. The smallest absolute Gasteiger partial charge is 0.462 e. The molecule has 0 aromatic rings. The van der Waals surface area contributed by atoms with Crippen LogP contribution in [0.15, 0.2) is 24.3 Å². The minimum atomic E-state index is -4.95. The number of ether oxygens (including phenoxy) is 4. The van der Waals surface area contributed by atoms with Gasteiger partial charge in [0.05, 0.1) is 26.4 Å². The third-order valence-corrected chi connectivity index (χ3v) is 16.8. The number of aliphatic hydroxyl groups is 1. The van der Waals surface area contributed by atoms with Gasteiger partial charge in [0, 0.05) is 25.7 Å². The molecular weight excluding hydrogens is 1130 g/mol. The molecule has 0 amide bonds. The van der Waals surface area contributed by atoms with E-state index in [0.29, 0.717) is 37.5 Å². The maximum absolute atomic E-state index is 13.0. The topological polar surface area (TPSA) is 237 Å². The van der Waals surface area contributed by atoms with Gasteiger partial charge in [0.25, 0.3) is 0 Å². The first kappa shape index (κ1) is 82.5. The fourth-order valence-corrected chi connectivity index (χ4v) is 10.8. The van der Waals surface area contributed by atoms with Gasteiger partial charge in [-0.25, -0.2) is 9.13 Å². The number of unbranched alkanes of at least 4 members (excludes halogenated alkanes) is 26. The molecule has 0 aromatic heterocycles. The average Bonchev–Trinajstić information content (AvgIpc) is 3.46. The van der Waals surface area contributed by atoms with Crippen LogP contribution < -0.4 is 0 Å². The van der Waals surface area contributed by atoms with Gasteiger partial charge in [0.15, 0.2) is 12.2 Å². The number of phosphoric ester groups is 2. The van der Waals surface area contributed by atoms with Crippen molar-refractivity contribution < 1.29 is 80.2 Å². The standard InChI is InChI=1S/C66H124O17P2/c1-8-10-11-12-13-14-15-16-17-18-19-20-24-33-40-47-63(68)76-53-61(82-65(70)49-42-35-25-22-21-23-30-37-44-57(3)4)55-80-84(72,73)78-51-60(67)52-79-85(74,75)81-56-62(83-66(71)50-43-36-28-26-31-38-45-58(5)6)54-77-64(69)48-41-34-29-27-32-39-46-59(7)9-2/h14-17,57-62,67H,8-13,18-56H2,1-7H3,(H,72,73)(H,74,75)/b15-14-,17-16-/t59?,60-,61-,62-/m1/s1. The van der Waals surface area contributed by atoms with Crippen molar-refractivity contribution in [3.8, 4) is 0 Å². The van der Waals surface area contributed by atoms with E-state index in [0.717, 1.165) is 121 Å². The fraction of sp³-hybridized carbons (Fsp3) is 0.879. The molecule has 0 aliphatic heterocycles. The molecule has 3 unspecified atom stereocenters. The van der Waals surface area contributed by atoms with Crippen LogP contribution in [0.2, 0.25) is 0 Å². The minimum Gasteiger partial charge on any atom is -0.462 e. The Kier molecular flexibility index (Phi) is 55.1. The maximum Gasteiger partial charge on any atom is 0.472 e. The molecule has 0 aromatic carbocycles. The molecule has 0 heterocycles. The van der Waals surface area contributed by atoms with Gasteiger partial charge in [-0.05, 0) is 69.1 Å². The van der Waals surface area contributed by atoms with Crippen LogP contribution in [0, 0.1) is 17.8 Å². The predicted octanol–water partition coefficient (Wildman–Crippen LogP) is 17.8. The largest absolute Gasteiger partial charge is 0.472 e. The third-order valence-electron chi connectivity index (χ3n) is 14.9. The second kappa shape index (κ2) is 56.8. The van der Waals surface area contributed by atoms with Gasteiger partial charge in [0.2, 0.25) is 0 Å². The van der Waals surface area contributed by atoms with Crippen molar-refractivity contribution in [2.75, 3.05) is 39.6 Å². The number of hydrogen-bond acceptors (Lipinski definition) is 15. The Hall–Kier alpha value is -2.46. The van der Waals surface area contributed by atoms with Crippen molar-refractivity contribution in [1.29, 1.82) is 0 Å². The summed E-state index contributed by atoms with van der Waals surface area (Å²) in [5.74, 6) is -0.0583. The molecule has 17 nitrogen and oxygen atoms in total. The molecule has 0 aliphatic rings. The summed E-state index contributed by atoms with van der Waals surface area (Å²) in [5.41, 5.74) is 0. The van der Waals surface area contributed by atoms with E-state index in [2.05, 4.69) is 72.8 Å². The zero-order valence-electron chi connectivity index (χ0n) is 54.5. The van der Waals surface area contributed by atoms with Crippen molar-refractivity contribution >= 4 is 39.5 Å². The van der Waals surface area contributed by atoms with E-state index in [1.807, 2.05) is 0 Å². The van der Waals surface area contributed by atoms with Crippen molar-refractivity contribution in [3.05, 3.63) is 24.3 Å². The van der Waals surface area contributed by atoms with Crippen LogP contribution in [0.25, 0.3) is 0 Å². The Bertz CT molecular complexity index is 1780. The monoisotopic (exact) mass is 1250 g/mol. The number of allylic oxidation sites excluding steroid dienone is 4. The number of carbonyl (C=O) groups is 4. The van der Waals surface area contributed by atoms with Gasteiger partial charge in [-0.2, -0.15) is 0 Å². The van der Waals surface area contributed by atoms with E-state index >= 15 is 0 Å². The lowest BCUT2D eigenvalue weighted by Crippen LogP contribution is -2.30.